The molecule has 5 N–H and O–H groups in total. The number of methoxy groups -OCH3 is 2. The number of carbonyl (C=O) groups is 2. The standard InChI is InChI=1S/C16H17N7O5/c1-27-9-3-8(4-10(5-9)28-2)20-14-12(13(17)26)15-22-19-7-23(15)16(21-14)18-6-11(24)25/h3-5,7,20H,6H2,1-2H3,(H2,17,26)(H,18,21)(H,24,25). The highest BCUT2D eigenvalue weighted by atomic mass is 16.5. The minimum Gasteiger partial charge on any atom is -0.497 e. The molecule has 146 valence electrons. The van der Waals surface area contributed by atoms with Crippen molar-refractivity contribution in [2.75, 3.05) is 31.4 Å². The van der Waals surface area contributed by atoms with E-state index in [1.165, 1.54) is 24.9 Å². The van der Waals surface area contributed by atoms with Crippen LogP contribution < -0.4 is 25.8 Å². The number of nitrogens with two attached hydrogens (primary N) is 1. The molecule has 0 saturated heterocycles. The largest absolute Gasteiger partial charge is 0.497 e. The molecule has 0 saturated carbocycles. The Bertz CT molecular complexity index is 1030. The van der Waals surface area contributed by atoms with Crippen molar-refractivity contribution >= 4 is 35.0 Å². The molecule has 12 nitrogen and oxygen atoms in total. The third kappa shape index (κ3) is 3.70. The zero-order valence-electron chi connectivity index (χ0n) is 15.0. The molecule has 0 bridgehead atoms. The third-order valence-corrected chi connectivity index (χ3v) is 3.71. The van der Waals surface area contributed by atoms with Crippen molar-refractivity contribution in [3.8, 4) is 11.5 Å². The van der Waals surface area contributed by atoms with Crippen LogP contribution in [0.2, 0.25) is 0 Å². The maximum atomic E-state index is 12.0. The predicted molar refractivity (Wildman–Crippen MR) is 98.3 cm³/mol. The second-order valence-corrected chi connectivity index (χ2v) is 5.52. The van der Waals surface area contributed by atoms with E-state index < -0.39 is 18.4 Å². The maximum Gasteiger partial charge on any atom is 0.322 e. The Labute approximate surface area is 158 Å². The van der Waals surface area contributed by atoms with Crippen LogP contribution >= 0.6 is 0 Å². The van der Waals surface area contributed by atoms with Gasteiger partial charge in [-0.15, -0.1) is 10.2 Å². The molecule has 3 aromatic rings. The van der Waals surface area contributed by atoms with Crippen molar-refractivity contribution in [2.24, 2.45) is 5.73 Å². The number of amides is 1. The molecule has 2 heterocycles. The van der Waals surface area contributed by atoms with E-state index in [1.807, 2.05) is 0 Å². The van der Waals surface area contributed by atoms with Crippen LogP contribution in [0, 0.1) is 0 Å². The first-order valence-electron chi connectivity index (χ1n) is 7.92. The summed E-state index contributed by atoms with van der Waals surface area (Å²) >= 11 is 0. The monoisotopic (exact) mass is 387 g/mol. The number of fused-ring (bicyclic) bond motifs is 1. The van der Waals surface area contributed by atoms with Gasteiger partial charge in [0.1, 0.15) is 29.9 Å². The van der Waals surface area contributed by atoms with Gasteiger partial charge in [0.2, 0.25) is 5.95 Å². The van der Waals surface area contributed by atoms with Gasteiger partial charge in [-0.2, -0.15) is 4.98 Å². The minimum atomic E-state index is -1.09. The number of primary amides is 1. The van der Waals surface area contributed by atoms with Crippen molar-refractivity contribution in [3.05, 3.63) is 30.1 Å². The summed E-state index contributed by atoms with van der Waals surface area (Å²) in [5.41, 5.74) is 6.12. The van der Waals surface area contributed by atoms with E-state index >= 15 is 0 Å². The molecule has 0 aliphatic carbocycles. The molecule has 0 radical (unpaired) electrons. The van der Waals surface area contributed by atoms with Crippen molar-refractivity contribution in [1.29, 1.82) is 0 Å². The van der Waals surface area contributed by atoms with Gasteiger partial charge in [-0.3, -0.25) is 14.0 Å². The maximum absolute atomic E-state index is 12.0. The van der Waals surface area contributed by atoms with Crippen LogP contribution in [0.15, 0.2) is 24.5 Å². The predicted octanol–water partition coefficient (Wildman–Crippen LogP) is 0.481. The lowest BCUT2D eigenvalue weighted by molar-refractivity contribution is -0.134. The average Bonchev–Trinajstić information content (AvgIpc) is 3.14. The van der Waals surface area contributed by atoms with Gasteiger partial charge in [-0.1, -0.05) is 0 Å². The lowest BCUT2D eigenvalue weighted by atomic mass is 10.2. The second kappa shape index (κ2) is 7.65. The first kappa shape index (κ1) is 18.7. The quantitative estimate of drug-likeness (QED) is 0.427. The first-order valence-corrected chi connectivity index (χ1v) is 7.92. The molecule has 0 aliphatic heterocycles. The summed E-state index contributed by atoms with van der Waals surface area (Å²) in [6.07, 6.45) is 1.29. The molecular formula is C16H17N7O5. The number of carbonyl (C=O) groups excluding carboxylic acids is 1. The fraction of sp³-hybridized carbons (Fsp3) is 0.188. The second-order valence-electron chi connectivity index (χ2n) is 5.52. The number of anilines is 3. The van der Waals surface area contributed by atoms with Crippen molar-refractivity contribution in [2.45, 2.75) is 0 Å². The van der Waals surface area contributed by atoms with Crippen LogP contribution in [-0.4, -0.2) is 57.3 Å². The number of ether oxygens (including phenoxy) is 2. The van der Waals surface area contributed by atoms with E-state index in [9.17, 15) is 9.59 Å². The summed E-state index contributed by atoms with van der Waals surface area (Å²) in [4.78, 5) is 27.2. The van der Waals surface area contributed by atoms with Gasteiger partial charge in [0.15, 0.2) is 11.5 Å². The van der Waals surface area contributed by atoms with E-state index in [0.717, 1.165) is 0 Å². The number of aromatic nitrogens is 4. The Morgan fingerprint density at radius 3 is 2.46 bits per heavy atom. The summed E-state index contributed by atoms with van der Waals surface area (Å²) in [5, 5.41) is 22.2. The van der Waals surface area contributed by atoms with Crippen molar-refractivity contribution in [3.63, 3.8) is 0 Å². The molecule has 1 amide bonds. The van der Waals surface area contributed by atoms with E-state index in [2.05, 4.69) is 25.8 Å². The molecule has 3 rings (SSSR count). The molecule has 2 aromatic heterocycles. The smallest absolute Gasteiger partial charge is 0.322 e. The third-order valence-electron chi connectivity index (χ3n) is 3.71. The van der Waals surface area contributed by atoms with Crippen LogP contribution in [0.1, 0.15) is 10.4 Å². The van der Waals surface area contributed by atoms with E-state index in [4.69, 9.17) is 20.3 Å². The number of aliphatic carboxylic acids is 1. The molecule has 12 heteroatoms. The molecule has 0 spiro atoms. The van der Waals surface area contributed by atoms with Crippen LogP contribution in [0.25, 0.3) is 5.65 Å². The Morgan fingerprint density at radius 1 is 1.21 bits per heavy atom. The minimum absolute atomic E-state index is 0.0137. The van der Waals surface area contributed by atoms with Crippen LogP contribution in [0.5, 0.6) is 11.5 Å². The van der Waals surface area contributed by atoms with Gasteiger partial charge in [-0.25, -0.2) is 0 Å². The number of carboxylic acid groups (broad SMARTS) is 1. The Balaban J connectivity index is 2.12. The number of benzene rings is 1. The Kier molecular flexibility index (Phi) is 5.11. The van der Waals surface area contributed by atoms with E-state index in [-0.39, 0.29) is 23.0 Å². The number of hydrogen-bond acceptors (Lipinski definition) is 9. The lowest BCUT2D eigenvalue weighted by Crippen LogP contribution is -2.20. The van der Waals surface area contributed by atoms with E-state index in [0.29, 0.717) is 17.2 Å². The van der Waals surface area contributed by atoms with Crippen molar-refractivity contribution in [1.82, 2.24) is 19.6 Å². The van der Waals surface area contributed by atoms with Gasteiger partial charge in [-0.05, 0) is 0 Å². The van der Waals surface area contributed by atoms with Gasteiger partial charge in [0, 0.05) is 23.9 Å². The number of hydrogen-bond donors (Lipinski definition) is 4. The Hall–Kier alpha value is -4.09. The van der Waals surface area contributed by atoms with Crippen LogP contribution in [0.4, 0.5) is 17.5 Å². The van der Waals surface area contributed by atoms with E-state index in [1.54, 1.807) is 18.2 Å². The molecule has 0 atom stereocenters. The normalized spacial score (nSPS) is 10.5. The fourth-order valence-corrected chi connectivity index (χ4v) is 2.50. The van der Waals surface area contributed by atoms with Gasteiger partial charge >= 0.3 is 5.97 Å². The molecule has 28 heavy (non-hydrogen) atoms. The van der Waals surface area contributed by atoms with Gasteiger partial charge in [0.25, 0.3) is 5.91 Å². The zero-order chi connectivity index (χ0) is 20.3. The Morgan fingerprint density at radius 2 is 1.89 bits per heavy atom. The molecule has 0 unspecified atom stereocenters. The van der Waals surface area contributed by atoms with Gasteiger partial charge < -0.3 is 30.9 Å². The topological polar surface area (TPSA) is 166 Å². The molecule has 0 aliphatic rings. The molecular weight excluding hydrogens is 370 g/mol. The number of carboxylic acids is 1. The summed E-state index contributed by atoms with van der Waals surface area (Å²) < 4.78 is 11.8. The zero-order valence-corrected chi connectivity index (χ0v) is 15.0. The summed E-state index contributed by atoms with van der Waals surface area (Å²) in [7, 11) is 3.00. The molecule has 0 fully saturated rings. The SMILES string of the molecule is COc1cc(Nc2nc(NCC(=O)O)n3cnnc3c2C(N)=O)cc(OC)c1. The number of rotatable bonds is 8. The summed E-state index contributed by atoms with van der Waals surface area (Å²) in [6, 6.07) is 5.00. The highest BCUT2D eigenvalue weighted by molar-refractivity contribution is 6.04. The van der Waals surface area contributed by atoms with Crippen molar-refractivity contribution < 1.29 is 24.2 Å². The number of nitrogens with one attached hydrogen (secondary N) is 2. The summed E-state index contributed by atoms with van der Waals surface area (Å²) in [5.74, 6) is -0.673. The highest BCUT2D eigenvalue weighted by Crippen LogP contribution is 2.30. The lowest BCUT2D eigenvalue weighted by Gasteiger charge is -2.15. The number of nitrogens with zero attached hydrogens (tertiary/aromatic N) is 4. The first-order chi connectivity index (χ1) is 13.4. The molecule has 1 aromatic carbocycles. The average molecular weight is 387 g/mol. The van der Waals surface area contributed by atoms with Crippen LogP contribution in [0.3, 0.4) is 0 Å². The van der Waals surface area contributed by atoms with Crippen LogP contribution in [-0.2, 0) is 4.79 Å². The highest BCUT2D eigenvalue weighted by Gasteiger charge is 2.21. The fourth-order valence-electron chi connectivity index (χ4n) is 2.50. The summed E-state index contributed by atoms with van der Waals surface area (Å²) in [6.45, 7) is -0.400. The van der Waals surface area contributed by atoms with Gasteiger partial charge in [0.05, 0.1) is 14.2 Å².